The van der Waals surface area contributed by atoms with Crippen molar-refractivity contribution in [1.82, 2.24) is 9.78 Å². The smallest absolute Gasteiger partial charge is 0.416 e. The van der Waals surface area contributed by atoms with Crippen molar-refractivity contribution in [3.8, 4) is 22.8 Å². The number of ether oxygens (including phenoxy) is 1. The molecule has 0 saturated heterocycles. The molecule has 4 rings (SSSR count). The summed E-state index contributed by atoms with van der Waals surface area (Å²) in [7, 11) is 1.49. The molecule has 4 aromatic rings. The second kappa shape index (κ2) is 9.09. The fourth-order valence-electron chi connectivity index (χ4n) is 3.57. The molecule has 0 aliphatic rings. The van der Waals surface area contributed by atoms with E-state index in [0.29, 0.717) is 28.3 Å². The number of hydrogen-bond acceptors (Lipinski definition) is 4. The standard InChI is InChI=1S/C25H20F4N4O/c1-3-22(30)33-23(31-2)20-14-17(26)10-12-19(20)24(32-33)34-21-13-16(25(27,28)29)9-11-18(21)15-7-5-4-6-8-15/h4-14,30H,3H2,1-2H3/b30-22?,31-23-. The SMILES string of the molecule is CCC(=N)n1nc(Oc2cc(C(F)(F)F)ccc2-c2ccccc2)c2ccc(F)cc2/c1=N/C. The van der Waals surface area contributed by atoms with E-state index in [-0.39, 0.29) is 23.0 Å². The van der Waals surface area contributed by atoms with Gasteiger partial charge in [0.2, 0.25) is 5.88 Å². The third kappa shape index (κ3) is 4.41. The van der Waals surface area contributed by atoms with Gasteiger partial charge >= 0.3 is 6.18 Å². The van der Waals surface area contributed by atoms with Gasteiger partial charge in [-0.2, -0.15) is 17.9 Å². The number of fused-ring (bicyclic) bond motifs is 1. The Morgan fingerprint density at radius 1 is 1.03 bits per heavy atom. The number of nitrogens with one attached hydrogen (secondary N) is 1. The molecular formula is C25H20F4N4O. The van der Waals surface area contributed by atoms with Crippen molar-refractivity contribution in [1.29, 1.82) is 5.41 Å². The summed E-state index contributed by atoms with van der Waals surface area (Å²) in [5.74, 6) is -0.621. The highest BCUT2D eigenvalue weighted by atomic mass is 19.4. The Morgan fingerprint density at radius 2 is 1.76 bits per heavy atom. The van der Waals surface area contributed by atoms with Crippen molar-refractivity contribution in [2.45, 2.75) is 19.5 Å². The number of alkyl halides is 3. The maximum Gasteiger partial charge on any atom is 0.416 e. The van der Waals surface area contributed by atoms with E-state index in [2.05, 4.69) is 10.1 Å². The largest absolute Gasteiger partial charge is 0.436 e. The van der Waals surface area contributed by atoms with Crippen LogP contribution in [0.15, 0.2) is 71.7 Å². The highest BCUT2D eigenvalue weighted by molar-refractivity contribution is 5.89. The van der Waals surface area contributed by atoms with E-state index in [1.807, 2.05) is 0 Å². The summed E-state index contributed by atoms with van der Waals surface area (Å²) in [6.45, 7) is 1.74. The molecule has 5 nitrogen and oxygen atoms in total. The first kappa shape index (κ1) is 23.2. The Bertz CT molecular complexity index is 1440. The molecule has 0 atom stereocenters. The lowest BCUT2D eigenvalue weighted by molar-refractivity contribution is -0.137. The summed E-state index contributed by atoms with van der Waals surface area (Å²) >= 11 is 0. The minimum Gasteiger partial charge on any atom is -0.436 e. The van der Waals surface area contributed by atoms with Crippen LogP contribution in [0.4, 0.5) is 17.6 Å². The third-order valence-corrected chi connectivity index (χ3v) is 5.25. The Morgan fingerprint density at radius 3 is 2.41 bits per heavy atom. The summed E-state index contributed by atoms with van der Waals surface area (Å²) < 4.78 is 61.8. The molecule has 1 heterocycles. The Balaban J connectivity index is 1.99. The van der Waals surface area contributed by atoms with E-state index in [9.17, 15) is 17.6 Å². The highest BCUT2D eigenvalue weighted by Crippen LogP contribution is 2.39. The first-order valence-electron chi connectivity index (χ1n) is 10.4. The minimum absolute atomic E-state index is 0.0592. The molecule has 9 heteroatoms. The number of halogens is 4. The van der Waals surface area contributed by atoms with Crippen LogP contribution in [0.5, 0.6) is 11.6 Å². The molecule has 1 aromatic heterocycles. The first-order chi connectivity index (χ1) is 16.2. The van der Waals surface area contributed by atoms with Gasteiger partial charge in [-0.1, -0.05) is 43.3 Å². The molecular weight excluding hydrogens is 448 g/mol. The summed E-state index contributed by atoms with van der Waals surface area (Å²) in [6.07, 6.45) is -4.29. The summed E-state index contributed by atoms with van der Waals surface area (Å²) in [4.78, 5) is 4.16. The number of hydrogen-bond donors (Lipinski definition) is 1. The molecule has 174 valence electrons. The lowest BCUT2D eigenvalue weighted by Gasteiger charge is -2.17. The van der Waals surface area contributed by atoms with Crippen molar-refractivity contribution >= 4 is 16.6 Å². The molecule has 0 fully saturated rings. The first-order valence-corrected chi connectivity index (χ1v) is 10.4. The zero-order valence-electron chi connectivity index (χ0n) is 18.3. The number of benzene rings is 3. The predicted molar refractivity (Wildman–Crippen MR) is 122 cm³/mol. The fourth-order valence-corrected chi connectivity index (χ4v) is 3.57. The van der Waals surface area contributed by atoms with Crippen molar-refractivity contribution in [3.05, 3.63) is 83.6 Å². The van der Waals surface area contributed by atoms with Crippen LogP contribution in [0.2, 0.25) is 0 Å². The second-order valence-electron chi connectivity index (χ2n) is 7.43. The van der Waals surface area contributed by atoms with E-state index in [4.69, 9.17) is 10.1 Å². The summed E-state index contributed by atoms with van der Waals surface area (Å²) in [6, 6.07) is 15.9. The van der Waals surface area contributed by atoms with Crippen LogP contribution in [-0.4, -0.2) is 22.7 Å². The molecule has 1 N–H and O–H groups in total. The van der Waals surface area contributed by atoms with Crippen molar-refractivity contribution in [3.63, 3.8) is 0 Å². The van der Waals surface area contributed by atoms with Gasteiger partial charge in [0, 0.05) is 29.8 Å². The fraction of sp³-hybridized carbons (Fsp3) is 0.160. The van der Waals surface area contributed by atoms with Crippen LogP contribution in [0.1, 0.15) is 18.9 Å². The van der Waals surface area contributed by atoms with Crippen LogP contribution in [0.25, 0.3) is 21.9 Å². The molecule has 0 aliphatic carbocycles. The Labute approximate surface area is 192 Å². The van der Waals surface area contributed by atoms with Crippen LogP contribution in [-0.2, 0) is 6.18 Å². The third-order valence-electron chi connectivity index (χ3n) is 5.25. The zero-order valence-corrected chi connectivity index (χ0v) is 18.3. The van der Waals surface area contributed by atoms with Gasteiger partial charge in [-0.3, -0.25) is 10.4 Å². The zero-order chi connectivity index (χ0) is 24.5. The average molecular weight is 468 g/mol. The molecule has 0 amide bonds. The summed E-state index contributed by atoms with van der Waals surface area (Å²) in [5, 5.41) is 13.3. The Hall–Kier alpha value is -4.01. The molecule has 34 heavy (non-hydrogen) atoms. The molecule has 0 aliphatic heterocycles. The van der Waals surface area contributed by atoms with E-state index < -0.39 is 17.6 Å². The van der Waals surface area contributed by atoms with Gasteiger partial charge in [0.15, 0.2) is 5.49 Å². The topological polar surface area (TPSA) is 63.3 Å². The van der Waals surface area contributed by atoms with Crippen LogP contribution < -0.4 is 10.2 Å². The predicted octanol–water partition coefficient (Wildman–Crippen LogP) is 6.42. The van der Waals surface area contributed by atoms with Crippen LogP contribution >= 0.6 is 0 Å². The Kier molecular flexibility index (Phi) is 6.19. The number of rotatable bonds is 4. The highest BCUT2D eigenvalue weighted by Gasteiger charge is 2.31. The maximum absolute atomic E-state index is 14.1. The van der Waals surface area contributed by atoms with Crippen molar-refractivity contribution in [2.75, 3.05) is 7.05 Å². The van der Waals surface area contributed by atoms with Gasteiger partial charge < -0.3 is 4.74 Å². The number of aromatic nitrogens is 2. The van der Waals surface area contributed by atoms with E-state index in [0.717, 1.165) is 12.1 Å². The van der Waals surface area contributed by atoms with Crippen molar-refractivity contribution in [2.24, 2.45) is 4.99 Å². The van der Waals surface area contributed by atoms with E-state index in [1.165, 1.54) is 36.0 Å². The van der Waals surface area contributed by atoms with E-state index in [1.54, 1.807) is 37.3 Å². The van der Waals surface area contributed by atoms with Crippen LogP contribution in [0, 0.1) is 11.2 Å². The van der Waals surface area contributed by atoms with E-state index >= 15 is 0 Å². The van der Waals surface area contributed by atoms with Crippen molar-refractivity contribution < 1.29 is 22.3 Å². The minimum atomic E-state index is -4.58. The quantitative estimate of drug-likeness (QED) is 0.213. The lowest BCUT2D eigenvalue weighted by Crippen LogP contribution is -2.30. The average Bonchev–Trinajstić information content (AvgIpc) is 2.83. The van der Waals surface area contributed by atoms with Gasteiger partial charge in [-0.15, -0.1) is 5.10 Å². The molecule has 0 bridgehead atoms. The van der Waals surface area contributed by atoms with Gasteiger partial charge in [-0.25, -0.2) is 4.39 Å². The van der Waals surface area contributed by atoms with Gasteiger partial charge in [0.05, 0.1) is 5.56 Å². The second-order valence-corrected chi connectivity index (χ2v) is 7.43. The normalized spacial score (nSPS) is 12.2. The molecule has 0 saturated carbocycles. The monoisotopic (exact) mass is 468 g/mol. The lowest BCUT2D eigenvalue weighted by atomic mass is 10.0. The molecule has 0 unspecified atom stereocenters. The molecule has 3 aromatic carbocycles. The summed E-state index contributed by atoms with van der Waals surface area (Å²) in [5.41, 5.74) is 0.427. The molecule has 0 spiro atoms. The number of nitrogens with zero attached hydrogens (tertiary/aromatic N) is 3. The van der Waals surface area contributed by atoms with Crippen LogP contribution in [0.3, 0.4) is 0 Å². The van der Waals surface area contributed by atoms with Gasteiger partial charge in [-0.05, 0) is 35.9 Å². The maximum atomic E-state index is 14.1. The van der Waals surface area contributed by atoms with Gasteiger partial charge in [0.25, 0.3) is 0 Å². The van der Waals surface area contributed by atoms with Gasteiger partial charge in [0.1, 0.15) is 17.4 Å². The molecule has 0 radical (unpaired) electrons.